The number of benzene rings is 2. The van der Waals surface area contributed by atoms with E-state index in [1.165, 1.54) is 15.8 Å². The van der Waals surface area contributed by atoms with E-state index in [1.807, 2.05) is 43.3 Å². The molecule has 0 spiro atoms. The minimum absolute atomic E-state index is 0.0614. The number of hydrogen-bond acceptors (Lipinski definition) is 7. The van der Waals surface area contributed by atoms with Crippen molar-refractivity contribution in [1.82, 2.24) is 30.1 Å². The topological polar surface area (TPSA) is 106 Å². The predicted octanol–water partition coefficient (Wildman–Crippen LogP) is 3.89. The zero-order valence-corrected chi connectivity index (χ0v) is 21.9. The first-order valence-electron chi connectivity index (χ1n) is 12.7. The van der Waals surface area contributed by atoms with E-state index in [2.05, 4.69) is 51.4 Å². The molecule has 2 heterocycles. The molecule has 0 amide bonds. The Kier molecular flexibility index (Phi) is 8.45. The molecule has 1 atom stereocenters. The van der Waals surface area contributed by atoms with Crippen molar-refractivity contribution >= 4 is 16.9 Å². The maximum absolute atomic E-state index is 13.1. The molecule has 4 rings (SSSR count). The van der Waals surface area contributed by atoms with Crippen LogP contribution in [0, 0.1) is 13.8 Å². The highest BCUT2D eigenvalue weighted by molar-refractivity contribution is 5.81. The van der Waals surface area contributed by atoms with Gasteiger partial charge in [0.25, 0.3) is 5.56 Å². The second-order valence-corrected chi connectivity index (χ2v) is 9.23. The van der Waals surface area contributed by atoms with Gasteiger partial charge in [-0.15, -0.1) is 5.10 Å². The SMILES string of the molecule is CCOC(=O)Cn1nnnc1[C@@H](CC)N(CCc1ccccc1C)Cc1cc2cccc(C)c2[nH]c1=O. The number of para-hydroxylation sites is 1. The maximum Gasteiger partial charge on any atom is 0.327 e. The fraction of sp³-hybridized carbons (Fsp3) is 0.393. The summed E-state index contributed by atoms with van der Waals surface area (Å²) < 4.78 is 6.61. The highest BCUT2D eigenvalue weighted by atomic mass is 16.5. The molecule has 2 aromatic heterocycles. The van der Waals surface area contributed by atoms with Gasteiger partial charge in [-0.2, -0.15) is 0 Å². The van der Waals surface area contributed by atoms with Crippen molar-refractivity contribution in [3.05, 3.63) is 87.0 Å². The molecule has 0 unspecified atom stereocenters. The third-order valence-corrected chi connectivity index (χ3v) is 6.74. The van der Waals surface area contributed by atoms with Crippen LogP contribution in [-0.4, -0.2) is 49.2 Å². The molecule has 1 N–H and O–H groups in total. The number of aryl methyl sites for hydroxylation is 2. The summed E-state index contributed by atoms with van der Waals surface area (Å²) in [6.07, 6.45) is 1.49. The Balaban J connectivity index is 1.69. The van der Waals surface area contributed by atoms with Gasteiger partial charge in [0.05, 0.1) is 18.2 Å². The molecule has 0 radical (unpaired) electrons. The number of nitrogens with one attached hydrogen (secondary N) is 1. The van der Waals surface area contributed by atoms with Gasteiger partial charge in [0, 0.05) is 18.7 Å². The lowest BCUT2D eigenvalue weighted by atomic mass is 10.0. The van der Waals surface area contributed by atoms with E-state index in [0.717, 1.165) is 22.9 Å². The third kappa shape index (κ3) is 6.11. The van der Waals surface area contributed by atoms with Gasteiger partial charge in [-0.05, 0) is 72.2 Å². The predicted molar refractivity (Wildman–Crippen MR) is 142 cm³/mol. The third-order valence-electron chi connectivity index (χ3n) is 6.74. The van der Waals surface area contributed by atoms with Crippen LogP contribution >= 0.6 is 0 Å². The summed E-state index contributed by atoms with van der Waals surface area (Å²) in [5, 5.41) is 13.2. The summed E-state index contributed by atoms with van der Waals surface area (Å²) in [6, 6.07) is 16.1. The van der Waals surface area contributed by atoms with Crippen molar-refractivity contribution in [2.75, 3.05) is 13.2 Å². The number of hydrogen-bond donors (Lipinski definition) is 1. The summed E-state index contributed by atoms with van der Waals surface area (Å²) in [4.78, 5) is 30.6. The van der Waals surface area contributed by atoms with Gasteiger partial charge in [0.2, 0.25) is 0 Å². The van der Waals surface area contributed by atoms with Crippen LogP contribution < -0.4 is 5.56 Å². The largest absolute Gasteiger partial charge is 0.465 e. The lowest BCUT2D eigenvalue weighted by molar-refractivity contribution is -0.144. The Hall–Kier alpha value is -3.85. The molecule has 9 heteroatoms. The second-order valence-electron chi connectivity index (χ2n) is 9.23. The van der Waals surface area contributed by atoms with Crippen molar-refractivity contribution in [2.24, 2.45) is 0 Å². The minimum Gasteiger partial charge on any atom is -0.465 e. The second kappa shape index (κ2) is 11.9. The van der Waals surface area contributed by atoms with Crippen molar-refractivity contribution in [2.45, 2.75) is 59.7 Å². The van der Waals surface area contributed by atoms with Gasteiger partial charge in [-0.3, -0.25) is 14.5 Å². The van der Waals surface area contributed by atoms with Crippen molar-refractivity contribution in [3.63, 3.8) is 0 Å². The fourth-order valence-corrected chi connectivity index (χ4v) is 4.76. The molecular weight excluding hydrogens is 468 g/mol. The number of aromatic nitrogens is 5. The monoisotopic (exact) mass is 502 g/mol. The Morgan fingerprint density at radius 1 is 1.08 bits per heavy atom. The average Bonchev–Trinajstić information content (AvgIpc) is 3.32. The molecule has 0 fully saturated rings. The smallest absolute Gasteiger partial charge is 0.327 e. The highest BCUT2D eigenvalue weighted by Gasteiger charge is 2.27. The van der Waals surface area contributed by atoms with Crippen LogP contribution in [0.15, 0.2) is 53.3 Å². The normalized spacial score (nSPS) is 12.2. The number of rotatable bonds is 11. The van der Waals surface area contributed by atoms with E-state index < -0.39 is 5.97 Å². The first-order chi connectivity index (χ1) is 17.9. The van der Waals surface area contributed by atoms with Gasteiger partial charge in [0.15, 0.2) is 5.82 Å². The van der Waals surface area contributed by atoms with Gasteiger partial charge in [-0.1, -0.05) is 49.4 Å². The van der Waals surface area contributed by atoms with Crippen LogP contribution in [0.3, 0.4) is 0 Å². The van der Waals surface area contributed by atoms with Crippen LogP contribution in [0.4, 0.5) is 0 Å². The standard InChI is InChI=1S/C28H34N6O3/c1-5-24(27-30-31-32-34(27)18-25(35)37-6-2)33(15-14-21-12-8-7-10-19(21)3)17-23-16-22-13-9-11-20(4)26(22)29-28(23)36/h7-13,16,24H,5-6,14-15,17-18H2,1-4H3,(H,29,36)/t24-/m1/s1. The molecule has 0 aliphatic rings. The van der Waals surface area contributed by atoms with Gasteiger partial charge in [-0.25, -0.2) is 4.68 Å². The molecule has 0 saturated carbocycles. The molecule has 0 bridgehead atoms. The van der Waals surface area contributed by atoms with E-state index in [0.29, 0.717) is 37.5 Å². The van der Waals surface area contributed by atoms with Crippen LogP contribution in [-0.2, 0) is 29.0 Å². The molecule has 2 aromatic carbocycles. The maximum atomic E-state index is 13.1. The zero-order chi connectivity index (χ0) is 26.4. The van der Waals surface area contributed by atoms with Gasteiger partial charge in [0.1, 0.15) is 6.54 Å². The number of carbonyl (C=O) groups excluding carboxylic acids is 1. The molecule has 4 aromatic rings. The lowest BCUT2D eigenvalue weighted by Gasteiger charge is -2.30. The highest BCUT2D eigenvalue weighted by Crippen LogP contribution is 2.25. The number of ether oxygens (including phenoxy) is 1. The molecule has 9 nitrogen and oxygen atoms in total. The summed E-state index contributed by atoms with van der Waals surface area (Å²) in [5.41, 5.74) is 4.92. The summed E-state index contributed by atoms with van der Waals surface area (Å²) >= 11 is 0. The van der Waals surface area contributed by atoms with Crippen LogP contribution in [0.5, 0.6) is 0 Å². The van der Waals surface area contributed by atoms with E-state index in [4.69, 9.17) is 4.74 Å². The van der Waals surface area contributed by atoms with Gasteiger partial charge >= 0.3 is 5.97 Å². The van der Waals surface area contributed by atoms with Crippen LogP contribution in [0.25, 0.3) is 10.9 Å². The van der Waals surface area contributed by atoms with Crippen molar-refractivity contribution in [1.29, 1.82) is 0 Å². The molecular formula is C28H34N6O3. The molecule has 0 aliphatic heterocycles. The van der Waals surface area contributed by atoms with Crippen molar-refractivity contribution in [3.8, 4) is 0 Å². The Morgan fingerprint density at radius 3 is 2.62 bits per heavy atom. The van der Waals surface area contributed by atoms with E-state index in [-0.39, 0.29) is 18.1 Å². The Morgan fingerprint density at radius 2 is 1.86 bits per heavy atom. The van der Waals surface area contributed by atoms with Crippen LogP contribution in [0.1, 0.15) is 54.4 Å². The van der Waals surface area contributed by atoms with E-state index in [9.17, 15) is 9.59 Å². The van der Waals surface area contributed by atoms with E-state index in [1.54, 1.807) is 6.92 Å². The number of carbonyl (C=O) groups is 1. The number of H-pyrrole nitrogens is 1. The van der Waals surface area contributed by atoms with Crippen LogP contribution in [0.2, 0.25) is 0 Å². The average molecular weight is 503 g/mol. The Labute approximate surface area is 216 Å². The number of esters is 1. The van der Waals surface area contributed by atoms with Crippen molar-refractivity contribution < 1.29 is 9.53 Å². The first-order valence-corrected chi connectivity index (χ1v) is 12.7. The number of nitrogens with zero attached hydrogens (tertiary/aromatic N) is 5. The summed E-state index contributed by atoms with van der Waals surface area (Å²) in [6.45, 7) is 9.24. The Bertz CT molecular complexity index is 1430. The number of tetrazole rings is 1. The summed E-state index contributed by atoms with van der Waals surface area (Å²) in [5.74, 6) is 0.187. The number of pyridine rings is 1. The number of aromatic amines is 1. The summed E-state index contributed by atoms with van der Waals surface area (Å²) in [7, 11) is 0. The molecule has 37 heavy (non-hydrogen) atoms. The molecule has 0 saturated heterocycles. The lowest BCUT2D eigenvalue weighted by Crippen LogP contribution is -2.34. The molecule has 0 aliphatic carbocycles. The number of fused-ring (bicyclic) bond motifs is 1. The zero-order valence-electron chi connectivity index (χ0n) is 21.9. The quantitative estimate of drug-likeness (QED) is 0.310. The minimum atomic E-state index is -0.390. The van der Waals surface area contributed by atoms with E-state index >= 15 is 0 Å². The first kappa shape index (κ1) is 26.2. The fourth-order valence-electron chi connectivity index (χ4n) is 4.76. The molecule has 194 valence electrons. The van der Waals surface area contributed by atoms with Gasteiger partial charge < -0.3 is 9.72 Å².